The van der Waals surface area contributed by atoms with Crippen LogP contribution in [-0.4, -0.2) is 59.9 Å². The van der Waals surface area contributed by atoms with Gasteiger partial charge in [-0.05, 0) is 48.4 Å². The van der Waals surface area contributed by atoms with Gasteiger partial charge in [0.2, 0.25) is 0 Å². The smallest absolute Gasteiger partial charge is 0.407 e. The first-order valence-electron chi connectivity index (χ1n) is 10.2. The van der Waals surface area contributed by atoms with Crippen LogP contribution in [0.25, 0.3) is 11.4 Å². The van der Waals surface area contributed by atoms with E-state index in [2.05, 4.69) is 30.7 Å². The molecule has 1 aliphatic rings. The van der Waals surface area contributed by atoms with Crippen LogP contribution in [0.5, 0.6) is 5.75 Å². The summed E-state index contributed by atoms with van der Waals surface area (Å²) in [6, 6.07) is 6.37. The van der Waals surface area contributed by atoms with Crippen molar-refractivity contribution in [1.29, 1.82) is 0 Å². The average Bonchev–Trinajstić information content (AvgIpc) is 2.71. The zero-order valence-corrected chi connectivity index (χ0v) is 19.1. The quantitative estimate of drug-likeness (QED) is 0.743. The van der Waals surface area contributed by atoms with Crippen LogP contribution in [0.15, 0.2) is 41.6 Å². The van der Waals surface area contributed by atoms with Gasteiger partial charge in [0.05, 0.1) is 23.9 Å². The molecule has 0 spiro atoms. The first-order valence-corrected chi connectivity index (χ1v) is 12.1. The SMILES string of the molecule is CC(C)(C)C1CC(COc2cnc(-c3ccc(S(C)(=O)=O)cc3)nc2)CCN1C(=O)O. The van der Waals surface area contributed by atoms with Gasteiger partial charge in [0.25, 0.3) is 0 Å². The van der Waals surface area contributed by atoms with E-state index in [-0.39, 0.29) is 22.3 Å². The standard InChI is InChI=1S/C22H29N3O5S/c1-22(2,3)19-11-15(9-10-25(19)21(26)27)14-30-17-12-23-20(24-13-17)16-5-7-18(8-6-16)31(4,28)29/h5-8,12-13,15,19H,9-11,14H2,1-4H3,(H,26,27). The molecular weight excluding hydrogens is 418 g/mol. The Labute approximate surface area is 183 Å². The Morgan fingerprint density at radius 2 is 1.81 bits per heavy atom. The van der Waals surface area contributed by atoms with Crippen LogP contribution in [0.2, 0.25) is 0 Å². The molecule has 0 radical (unpaired) electrons. The number of hydrogen-bond donors (Lipinski definition) is 1. The molecule has 2 aromatic rings. The van der Waals surface area contributed by atoms with Crippen LogP contribution in [0.4, 0.5) is 4.79 Å². The summed E-state index contributed by atoms with van der Waals surface area (Å²) in [5.41, 5.74) is 0.571. The van der Waals surface area contributed by atoms with Gasteiger partial charge in [-0.3, -0.25) is 0 Å². The molecule has 8 nitrogen and oxygen atoms in total. The summed E-state index contributed by atoms with van der Waals surface area (Å²) in [5, 5.41) is 9.49. The lowest BCUT2D eigenvalue weighted by atomic mass is 9.77. The number of ether oxygens (including phenoxy) is 1. The Kier molecular flexibility index (Phi) is 6.54. The number of likely N-dealkylation sites (tertiary alicyclic amines) is 1. The third-order valence-corrected chi connectivity index (χ3v) is 6.74. The topological polar surface area (TPSA) is 110 Å². The molecule has 9 heteroatoms. The zero-order valence-electron chi connectivity index (χ0n) is 18.3. The van der Waals surface area contributed by atoms with E-state index in [9.17, 15) is 18.3 Å². The number of aromatic nitrogens is 2. The Morgan fingerprint density at radius 3 is 2.32 bits per heavy atom. The molecule has 1 amide bonds. The molecule has 0 aliphatic carbocycles. The second-order valence-electron chi connectivity index (χ2n) is 9.10. The molecule has 1 fully saturated rings. The number of amides is 1. The van der Waals surface area contributed by atoms with E-state index < -0.39 is 15.9 Å². The minimum absolute atomic E-state index is 0.0547. The number of piperidine rings is 1. The van der Waals surface area contributed by atoms with Gasteiger partial charge in [-0.25, -0.2) is 23.2 Å². The Balaban J connectivity index is 1.61. The van der Waals surface area contributed by atoms with Crippen molar-refractivity contribution in [3.8, 4) is 17.1 Å². The van der Waals surface area contributed by atoms with Gasteiger partial charge >= 0.3 is 6.09 Å². The number of carboxylic acid groups (broad SMARTS) is 1. The number of carbonyl (C=O) groups is 1. The molecule has 31 heavy (non-hydrogen) atoms. The maximum absolute atomic E-state index is 11.6. The van der Waals surface area contributed by atoms with Crippen LogP contribution in [-0.2, 0) is 9.84 Å². The number of benzene rings is 1. The maximum atomic E-state index is 11.6. The molecule has 0 saturated carbocycles. The van der Waals surface area contributed by atoms with Gasteiger partial charge in [-0.2, -0.15) is 0 Å². The minimum atomic E-state index is -3.24. The first kappa shape index (κ1) is 23.0. The van der Waals surface area contributed by atoms with Crippen molar-refractivity contribution in [2.45, 2.75) is 44.6 Å². The molecule has 1 saturated heterocycles. The predicted octanol–water partition coefficient (Wildman–Crippen LogP) is 3.73. The van der Waals surface area contributed by atoms with Gasteiger partial charge in [-0.15, -0.1) is 0 Å². The lowest BCUT2D eigenvalue weighted by molar-refractivity contribution is 0.0302. The minimum Gasteiger partial charge on any atom is -0.490 e. The van der Waals surface area contributed by atoms with E-state index in [1.165, 1.54) is 18.4 Å². The van der Waals surface area contributed by atoms with E-state index in [1.807, 2.05) is 0 Å². The lowest BCUT2D eigenvalue weighted by Gasteiger charge is -2.44. The van der Waals surface area contributed by atoms with Gasteiger partial charge in [0, 0.05) is 24.4 Å². The predicted molar refractivity (Wildman–Crippen MR) is 117 cm³/mol. The Bertz CT molecular complexity index is 1010. The molecule has 3 rings (SSSR count). The highest BCUT2D eigenvalue weighted by atomic mass is 32.2. The van der Waals surface area contributed by atoms with Crippen molar-refractivity contribution in [2.24, 2.45) is 11.3 Å². The fourth-order valence-corrected chi connectivity index (χ4v) is 4.48. The third-order valence-electron chi connectivity index (χ3n) is 5.61. The van der Waals surface area contributed by atoms with Gasteiger partial charge < -0.3 is 14.7 Å². The van der Waals surface area contributed by atoms with Crippen molar-refractivity contribution in [3.63, 3.8) is 0 Å². The maximum Gasteiger partial charge on any atom is 0.407 e. The average molecular weight is 448 g/mol. The molecule has 168 valence electrons. The van der Waals surface area contributed by atoms with Gasteiger partial charge in [0.1, 0.15) is 0 Å². The molecule has 2 heterocycles. The summed E-state index contributed by atoms with van der Waals surface area (Å²) in [6.07, 6.45) is 5.00. The van der Waals surface area contributed by atoms with Gasteiger partial charge in [-0.1, -0.05) is 20.8 Å². The molecule has 1 aliphatic heterocycles. The monoisotopic (exact) mass is 447 g/mol. The number of sulfone groups is 1. The summed E-state index contributed by atoms with van der Waals surface area (Å²) in [6.45, 7) is 7.17. The van der Waals surface area contributed by atoms with E-state index in [0.29, 0.717) is 30.3 Å². The van der Waals surface area contributed by atoms with Gasteiger partial charge in [0.15, 0.2) is 21.4 Å². The second kappa shape index (κ2) is 8.82. The number of rotatable bonds is 5. The molecule has 1 aromatic carbocycles. The van der Waals surface area contributed by atoms with E-state index in [1.54, 1.807) is 29.4 Å². The van der Waals surface area contributed by atoms with E-state index >= 15 is 0 Å². The van der Waals surface area contributed by atoms with Crippen molar-refractivity contribution in [2.75, 3.05) is 19.4 Å². The highest BCUT2D eigenvalue weighted by Crippen LogP contribution is 2.35. The Hall–Kier alpha value is -2.68. The summed E-state index contributed by atoms with van der Waals surface area (Å²) in [4.78, 5) is 22.0. The molecule has 1 aromatic heterocycles. The highest BCUT2D eigenvalue weighted by molar-refractivity contribution is 7.90. The summed E-state index contributed by atoms with van der Waals surface area (Å²) in [7, 11) is -3.24. The molecule has 2 atom stereocenters. The summed E-state index contributed by atoms with van der Waals surface area (Å²) >= 11 is 0. The molecular formula is C22H29N3O5S. The van der Waals surface area contributed by atoms with Crippen molar-refractivity contribution >= 4 is 15.9 Å². The summed E-state index contributed by atoms with van der Waals surface area (Å²) < 4.78 is 29.0. The normalized spacial score (nSPS) is 19.8. The highest BCUT2D eigenvalue weighted by Gasteiger charge is 2.38. The zero-order chi connectivity index (χ0) is 22.8. The second-order valence-corrected chi connectivity index (χ2v) is 11.1. The van der Waals surface area contributed by atoms with E-state index in [4.69, 9.17) is 4.74 Å². The molecule has 0 bridgehead atoms. The first-order chi connectivity index (χ1) is 14.4. The fraction of sp³-hybridized carbons (Fsp3) is 0.500. The Morgan fingerprint density at radius 1 is 1.19 bits per heavy atom. The van der Waals surface area contributed by atoms with Crippen LogP contribution in [0.3, 0.4) is 0 Å². The number of nitrogens with zero attached hydrogens (tertiary/aromatic N) is 3. The lowest BCUT2D eigenvalue weighted by Crippen LogP contribution is -2.52. The fourth-order valence-electron chi connectivity index (χ4n) is 3.84. The molecule has 2 unspecified atom stereocenters. The molecule has 1 N–H and O–H groups in total. The van der Waals surface area contributed by atoms with Crippen molar-refractivity contribution < 1.29 is 23.1 Å². The third kappa shape index (κ3) is 5.72. The van der Waals surface area contributed by atoms with Crippen molar-refractivity contribution in [1.82, 2.24) is 14.9 Å². The van der Waals surface area contributed by atoms with E-state index in [0.717, 1.165) is 12.8 Å². The van der Waals surface area contributed by atoms with Crippen LogP contribution >= 0.6 is 0 Å². The van der Waals surface area contributed by atoms with Crippen LogP contribution < -0.4 is 4.74 Å². The number of hydrogen-bond acceptors (Lipinski definition) is 6. The largest absolute Gasteiger partial charge is 0.490 e. The van der Waals surface area contributed by atoms with Crippen LogP contribution in [0.1, 0.15) is 33.6 Å². The van der Waals surface area contributed by atoms with Crippen LogP contribution in [0, 0.1) is 11.3 Å². The van der Waals surface area contributed by atoms with Crippen molar-refractivity contribution in [3.05, 3.63) is 36.7 Å². The summed E-state index contributed by atoms with van der Waals surface area (Å²) in [5.74, 6) is 1.28.